The molecule has 104 valence electrons. The number of carbonyl (C=O) groups is 1. The smallest absolute Gasteiger partial charge is 0.322 e. The highest BCUT2D eigenvalue weighted by Gasteiger charge is 2.27. The van der Waals surface area contributed by atoms with Gasteiger partial charge in [0.05, 0.1) is 7.11 Å². The van der Waals surface area contributed by atoms with E-state index in [-0.39, 0.29) is 5.97 Å². The summed E-state index contributed by atoms with van der Waals surface area (Å²) in [6.07, 6.45) is 1.73. The molecule has 0 amide bonds. The van der Waals surface area contributed by atoms with Crippen LogP contribution in [0.4, 0.5) is 5.69 Å². The lowest BCUT2D eigenvalue weighted by atomic mass is 10.00. The van der Waals surface area contributed by atoms with Gasteiger partial charge in [-0.25, -0.2) is 0 Å². The molecular weight excluding hydrogens is 264 g/mol. The van der Waals surface area contributed by atoms with Crippen molar-refractivity contribution in [3.63, 3.8) is 0 Å². The summed E-state index contributed by atoms with van der Waals surface area (Å²) < 4.78 is 4.65. The van der Waals surface area contributed by atoms with Gasteiger partial charge in [0.1, 0.15) is 6.04 Å². The summed E-state index contributed by atoms with van der Waals surface area (Å²) in [6, 6.07) is 7.31. The molecule has 2 unspecified atom stereocenters. The lowest BCUT2D eigenvalue weighted by Gasteiger charge is -2.19. The second kappa shape index (κ2) is 6.26. The number of halogens is 1. The number of anilines is 1. The van der Waals surface area contributed by atoms with Crippen LogP contribution in [-0.2, 0) is 9.53 Å². The van der Waals surface area contributed by atoms with Gasteiger partial charge in [-0.2, -0.15) is 0 Å². The Bertz CT molecular complexity index is 436. The number of rotatable bonds is 4. The average Bonchev–Trinajstić information content (AvgIpc) is 2.87. The number of esters is 1. The molecule has 1 aromatic carbocycles. The van der Waals surface area contributed by atoms with E-state index in [1.165, 1.54) is 12.8 Å². The van der Waals surface area contributed by atoms with Crippen molar-refractivity contribution in [3.8, 4) is 0 Å². The van der Waals surface area contributed by atoms with Crippen molar-refractivity contribution in [2.24, 2.45) is 11.7 Å². The van der Waals surface area contributed by atoms with Crippen molar-refractivity contribution in [2.75, 3.05) is 25.1 Å². The maximum atomic E-state index is 11.3. The van der Waals surface area contributed by atoms with Crippen LogP contribution < -0.4 is 10.6 Å². The molecule has 1 heterocycles. The summed E-state index contributed by atoms with van der Waals surface area (Å²) in [6.45, 7) is 1.91. The number of ether oxygens (including phenoxy) is 1. The maximum absolute atomic E-state index is 11.3. The Hall–Kier alpha value is -1.26. The number of carbonyl (C=O) groups excluding carboxylic acids is 1. The normalized spacial score (nSPS) is 20.4. The van der Waals surface area contributed by atoms with Gasteiger partial charge in [0.2, 0.25) is 0 Å². The summed E-state index contributed by atoms with van der Waals surface area (Å²) in [5.74, 6) is 0.106. The molecule has 0 bridgehead atoms. The zero-order valence-electron chi connectivity index (χ0n) is 11.0. The van der Waals surface area contributed by atoms with Crippen LogP contribution in [0.5, 0.6) is 0 Å². The Balaban J connectivity index is 1.89. The zero-order chi connectivity index (χ0) is 13.8. The molecule has 4 nitrogen and oxygen atoms in total. The van der Waals surface area contributed by atoms with Crippen molar-refractivity contribution in [3.05, 3.63) is 29.3 Å². The fraction of sp³-hybridized carbons (Fsp3) is 0.500. The Morgan fingerprint density at radius 1 is 1.53 bits per heavy atom. The first-order chi connectivity index (χ1) is 9.10. The van der Waals surface area contributed by atoms with E-state index in [0.717, 1.165) is 24.5 Å². The van der Waals surface area contributed by atoms with Gasteiger partial charge in [-0.05, 0) is 43.0 Å². The fourth-order valence-electron chi connectivity index (χ4n) is 2.52. The van der Waals surface area contributed by atoms with Gasteiger partial charge in [0.25, 0.3) is 0 Å². The van der Waals surface area contributed by atoms with Crippen LogP contribution in [-0.4, -0.2) is 32.2 Å². The Morgan fingerprint density at radius 2 is 2.21 bits per heavy atom. The van der Waals surface area contributed by atoms with Gasteiger partial charge >= 0.3 is 5.97 Å². The van der Waals surface area contributed by atoms with Crippen molar-refractivity contribution in [1.29, 1.82) is 0 Å². The molecule has 19 heavy (non-hydrogen) atoms. The van der Waals surface area contributed by atoms with Gasteiger partial charge in [-0.15, -0.1) is 0 Å². The van der Waals surface area contributed by atoms with E-state index in [0.29, 0.717) is 12.3 Å². The van der Waals surface area contributed by atoms with Crippen LogP contribution in [0.3, 0.4) is 0 Å². The second-order valence-corrected chi connectivity index (χ2v) is 5.38. The maximum Gasteiger partial charge on any atom is 0.322 e. The molecule has 0 aromatic heterocycles. The van der Waals surface area contributed by atoms with E-state index in [2.05, 4.69) is 9.64 Å². The largest absolute Gasteiger partial charge is 0.468 e. The van der Waals surface area contributed by atoms with Gasteiger partial charge in [0.15, 0.2) is 0 Å². The summed E-state index contributed by atoms with van der Waals surface area (Å²) in [5.41, 5.74) is 6.97. The number of benzene rings is 1. The Labute approximate surface area is 118 Å². The average molecular weight is 283 g/mol. The molecule has 5 heteroatoms. The number of nitrogens with two attached hydrogens (primary N) is 1. The SMILES string of the molecule is COC(=O)C(N)CC1CCN(c2ccc(Cl)cc2)C1. The topological polar surface area (TPSA) is 55.6 Å². The lowest BCUT2D eigenvalue weighted by Crippen LogP contribution is -2.34. The molecule has 1 aromatic rings. The number of hydrogen-bond donors (Lipinski definition) is 1. The van der Waals surface area contributed by atoms with Gasteiger partial charge < -0.3 is 15.4 Å². The minimum atomic E-state index is -0.514. The summed E-state index contributed by atoms with van der Waals surface area (Å²) in [4.78, 5) is 13.6. The molecule has 2 rings (SSSR count). The summed E-state index contributed by atoms with van der Waals surface area (Å²) in [5, 5.41) is 0.743. The highest BCUT2D eigenvalue weighted by atomic mass is 35.5. The van der Waals surface area contributed by atoms with Crippen LogP contribution >= 0.6 is 11.6 Å². The van der Waals surface area contributed by atoms with E-state index in [1.807, 2.05) is 24.3 Å². The van der Waals surface area contributed by atoms with Crippen molar-refractivity contribution in [1.82, 2.24) is 0 Å². The van der Waals surface area contributed by atoms with E-state index in [9.17, 15) is 4.79 Å². The van der Waals surface area contributed by atoms with E-state index in [1.54, 1.807) is 0 Å². The summed E-state index contributed by atoms with van der Waals surface area (Å²) >= 11 is 5.88. The van der Waals surface area contributed by atoms with Crippen LogP contribution in [0.2, 0.25) is 5.02 Å². The molecule has 0 spiro atoms. The van der Waals surface area contributed by atoms with E-state index < -0.39 is 6.04 Å². The van der Waals surface area contributed by atoms with Crippen LogP contribution in [0.25, 0.3) is 0 Å². The van der Waals surface area contributed by atoms with Crippen molar-refractivity contribution < 1.29 is 9.53 Å². The third-order valence-corrected chi connectivity index (χ3v) is 3.82. The predicted molar refractivity (Wildman–Crippen MR) is 76.4 cm³/mol. The predicted octanol–water partition coefficient (Wildman–Crippen LogP) is 2.06. The molecule has 2 atom stereocenters. The number of hydrogen-bond acceptors (Lipinski definition) is 4. The minimum Gasteiger partial charge on any atom is -0.468 e. The highest BCUT2D eigenvalue weighted by molar-refractivity contribution is 6.30. The standard InChI is InChI=1S/C14H19ClN2O2/c1-19-14(18)13(16)8-10-6-7-17(9-10)12-4-2-11(15)3-5-12/h2-5,10,13H,6-9,16H2,1H3. The molecular formula is C14H19ClN2O2. The van der Waals surface area contributed by atoms with Crippen molar-refractivity contribution >= 4 is 23.3 Å². The third kappa shape index (κ3) is 3.61. The van der Waals surface area contributed by atoms with Crippen LogP contribution in [0.1, 0.15) is 12.8 Å². The molecule has 2 N–H and O–H groups in total. The number of methoxy groups -OCH3 is 1. The molecule has 1 aliphatic rings. The molecule has 1 fully saturated rings. The molecule has 0 saturated carbocycles. The van der Waals surface area contributed by atoms with Crippen LogP contribution in [0, 0.1) is 5.92 Å². The van der Waals surface area contributed by atoms with E-state index in [4.69, 9.17) is 17.3 Å². The zero-order valence-corrected chi connectivity index (χ0v) is 11.8. The Morgan fingerprint density at radius 3 is 2.84 bits per heavy atom. The summed E-state index contributed by atoms with van der Waals surface area (Å²) in [7, 11) is 1.37. The third-order valence-electron chi connectivity index (χ3n) is 3.57. The fourth-order valence-corrected chi connectivity index (χ4v) is 2.64. The molecule has 0 aliphatic carbocycles. The Kier molecular flexibility index (Phi) is 4.66. The quantitative estimate of drug-likeness (QED) is 0.859. The first-order valence-corrected chi connectivity index (χ1v) is 6.82. The van der Waals surface area contributed by atoms with Crippen molar-refractivity contribution in [2.45, 2.75) is 18.9 Å². The first kappa shape index (κ1) is 14.2. The van der Waals surface area contributed by atoms with E-state index >= 15 is 0 Å². The monoisotopic (exact) mass is 282 g/mol. The first-order valence-electron chi connectivity index (χ1n) is 6.44. The lowest BCUT2D eigenvalue weighted by molar-refractivity contribution is -0.142. The highest BCUT2D eigenvalue weighted by Crippen LogP contribution is 2.27. The van der Waals surface area contributed by atoms with Crippen LogP contribution in [0.15, 0.2) is 24.3 Å². The molecule has 1 aliphatic heterocycles. The second-order valence-electron chi connectivity index (χ2n) is 4.94. The van der Waals surface area contributed by atoms with Gasteiger partial charge in [-0.3, -0.25) is 4.79 Å². The molecule has 1 saturated heterocycles. The minimum absolute atomic E-state index is 0.329. The van der Waals surface area contributed by atoms with Gasteiger partial charge in [0, 0.05) is 23.8 Å². The molecule has 0 radical (unpaired) electrons. The van der Waals surface area contributed by atoms with Gasteiger partial charge in [-0.1, -0.05) is 11.6 Å². The number of nitrogens with zero attached hydrogens (tertiary/aromatic N) is 1.